The van der Waals surface area contributed by atoms with Crippen LogP contribution < -0.4 is 11.1 Å². The first-order valence-corrected chi connectivity index (χ1v) is 4.94. The van der Waals surface area contributed by atoms with Crippen LogP contribution in [0.3, 0.4) is 0 Å². The summed E-state index contributed by atoms with van der Waals surface area (Å²) in [5.74, 6) is -0.838. The number of nitrogens with one attached hydrogen (secondary N) is 2. The maximum atomic E-state index is 13.5. The van der Waals surface area contributed by atoms with Crippen LogP contribution in [0.2, 0.25) is 0 Å². The van der Waals surface area contributed by atoms with Crippen LogP contribution in [0.15, 0.2) is 24.4 Å². The van der Waals surface area contributed by atoms with Crippen LogP contribution in [-0.2, 0) is 0 Å². The molecule has 0 radical (unpaired) electrons. The molecule has 5 nitrogen and oxygen atoms in total. The molecule has 1 amide bonds. The zero-order chi connectivity index (χ0) is 12.4. The lowest BCUT2D eigenvalue weighted by Gasteiger charge is -2.06. The molecule has 6 heteroatoms. The van der Waals surface area contributed by atoms with E-state index in [0.717, 1.165) is 5.56 Å². The Bertz CT molecular complexity index is 564. The number of nitrogen functional groups attached to an aromatic ring is 1. The largest absolute Gasteiger partial charge is 0.383 e. The number of aryl methyl sites for hydroxylation is 1. The maximum absolute atomic E-state index is 13.5. The van der Waals surface area contributed by atoms with Gasteiger partial charge < -0.3 is 11.1 Å². The van der Waals surface area contributed by atoms with Gasteiger partial charge >= 0.3 is 0 Å². The Hall–Kier alpha value is -2.37. The quantitative estimate of drug-likeness (QED) is 0.739. The van der Waals surface area contributed by atoms with Crippen molar-refractivity contribution in [2.24, 2.45) is 0 Å². The van der Waals surface area contributed by atoms with E-state index in [9.17, 15) is 9.18 Å². The van der Waals surface area contributed by atoms with Crippen LogP contribution >= 0.6 is 0 Å². The van der Waals surface area contributed by atoms with Gasteiger partial charge in [-0.05, 0) is 24.6 Å². The number of halogens is 1. The Balaban J connectivity index is 2.22. The summed E-state index contributed by atoms with van der Waals surface area (Å²) >= 11 is 0. The van der Waals surface area contributed by atoms with Gasteiger partial charge in [0.25, 0.3) is 5.91 Å². The maximum Gasteiger partial charge on any atom is 0.261 e. The van der Waals surface area contributed by atoms with Crippen LogP contribution in [-0.4, -0.2) is 16.1 Å². The first-order valence-electron chi connectivity index (χ1n) is 4.94. The van der Waals surface area contributed by atoms with E-state index in [2.05, 4.69) is 15.5 Å². The molecule has 0 fully saturated rings. The van der Waals surface area contributed by atoms with Crippen molar-refractivity contribution in [3.63, 3.8) is 0 Å². The molecule has 0 saturated carbocycles. The Morgan fingerprint density at radius 3 is 2.88 bits per heavy atom. The highest BCUT2D eigenvalue weighted by Crippen LogP contribution is 2.17. The number of benzene rings is 1. The van der Waals surface area contributed by atoms with E-state index in [1.165, 1.54) is 18.3 Å². The van der Waals surface area contributed by atoms with Crippen molar-refractivity contribution in [1.82, 2.24) is 10.2 Å². The van der Waals surface area contributed by atoms with Gasteiger partial charge in [0.05, 0.1) is 11.9 Å². The number of nitrogens with two attached hydrogens (primary N) is 1. The molecule has 0 aliphatic carbocycles. The average Bonchev–Trinajstić information content (AvgIpc) is 2.68. The molecule has 2 rings (SSSR count). The highest BCUT2D eigenvalue weighted by molar-refractivity contribution is 6.07. The number of aromatic nitrogens is 2. The first kappa shape index (κ1) is 11.1. The van der Waals surface area contributed by atoms with Crippen LogP contribution in [0.25, 0.3) is 0 Å². The van der Waals surface area contributed by atoms with Gasteiger partial charge in [-0.15, -0.1) is 0 Å². The topological polar surface area (TPSA) is 83.8 Å². The average molecular weight is 234 g/mol. The second-order valence-electron chi connectivity index (χ2n) is 3.63. The van der Waals surface area contributed by atoms with Crippen molar-refractivity contribution in [2.75, 3.05) is 11.1 Å². The molecule has 1 aromatic heterocycles. The minimum atomic E-state index is -0.501. The predicted octanol–water partition coefficient (Wildman–Crippen LogP) is 1.69. The van der Waals surface area contributed by atoms with E-state index in [1.54, 1.807) is 13.0 Å². The fraction of sp³-hybridized carbons (Fsp3) is 0.0909. The molecule has 0 unspecified atom stereocenters. The smallest absolute Gasteiger partial charge is 0.261 e. The van der Waals surface area contributed by atoms with Gasteiger partial charge in [-0.2, -0.15) is 5.10 Å². The number of anilines is 2. The highest BCUT2D eigenvalue weighted by atomic mass is 19.1. The lowest BCUT2D eigenvalue weighted by molar-refractivity contribution is 0.102. The monoisotopic (exact) mass is 234 g/mol. The third-order valence-corrected chi connectivity index (χ3v) is 2.29. The molecular formula is C11H11FN4O. The summed E-state index contributed by atoms with van der Waals surface area (Å²) < 4.78 is 13.5. The first-order chi connectivity index (χ1) is 8.08. The SMILES string of the molecule is Cc1ccc(NC(=O)c2cn[nH]c2N)c(F)c1. The summed E-state index contributed by atoms with van der Waals surface area (Å²) in [5.41, 5.74) is 6.56. The zero-order valence-electron chi connectivity index (χ0n) is 9.12. The minimum absolute atomic E-state index is 0.112. The van der Waals surface area contributed by atoms with Crippen molar-refractivity contribution >= 4 is 17.4 Å². The Kier molecular flexibility index (Phi) is 2.78. The zero-order valence-corrected chi connectivity index (χ0v) is 9.12. The summed E-state index contributed by atoms with van der Waals surface area (Å²) in [4.78, 5) is 11.7. The number of amides is 1. The second-order valence-corrected chi connectivity index (χ2v) is 3.63. The van der Waals surface area contributed by atoms with Gasteiger partial charge in [0.15, 0.2) is 0 Å². The normalized spacial score (nSPS) is 10.2. The molecule has 0 aliphatic heterocycles. The molecule has 17 heavy (non-hydrogen) atoms. The van der Waals surface area contributed by atoms with Gasteiger partial charge in [-0.25, -0.2) is 4.39 Å². The molecule has 0 bridgehead atoms. The summed E-state index contributed by atoms with van der Waals surface area (Å²) in [7, 11) is 0. The van der Waals surface area contributed by atoms with Gasteiger partial charge in [-0.3, -0.25) is 9.89 Å². The molecule has 88 valence electrons. The highest BCUT2D eigenvalue weighted by Gasteiger charge is 2.13. The predicted molar refractivity (Wildman–Crippen MR) is 62.1 cm³/mol. The Morgan fingerprint density at radius 1 is 1.53 bits per heavy atom. The number of carbonyl (C=O) groups excluding carboxylic acids is 1. The molecular weight excluding hydrogens is 223 g/mol. The summed E-state index contributed by atoms with van der Waals surface area (Å²) in [6.45, 7) is 1.77. The van der Waals surface area contributed by atoms with Gasteiger partial charge in [0.2, 0.25) is 0 Å². The third-order valence-electron chi connectivity index (χ3n) is 2.29. The molecule has 2 aromatic rings. The number of rotatable bonds is 2. The number of nitrogens with zero attached hydrogens (tertiary/aromatic N) is 1. The van der Waals surface area contributed by atoms with Crippen LogP contribution in [0, 0.1) is 12.7 Å². The van der Waals surface area contributed by atoms with Crippen molar-refractivity contribution < 1.29 is 9.18 Å². The van der Waals surface area contributed by atoms with Crippen LogP contribution in [0.1, 0.15) is 15.9 Å². The second kappa shape index (κ2) is 4.25. The number of H-pyrrole nitrogens is 1. The minimum Gasteiger partial charge on any atom is -0.383 e. The lowest BCUT2D eigenvalue weighted by Crippen LogP contribution is -2.14. The summed E-state index contributed by atoms with van der Waals surface area (Å²) in [5, 5.41) is 8.48. The van der Waals surface area contributed by atoms with Gasteiger partial charge in [-0.1, -0.05) is 6.07 Å². The standard InChI is InChI=1S/C11H11FN4O/c1-6-2-3-9(8(12)4-6)15-11(17)7-5-14-16-10(7)13/h2-5H,1H3,(H,15,17)(H3,13,14,16). The number of hydrogen-bond acceptors (Lipinski definition) is 3. The molecule has 4 N–H and O–H groups in total. The van der Waals surface area contributed by atoms with Crippen LogP contribution in [0.4, 0.5) is 15.9 Å². The number of aromatic amines is 1. The Morgan fingerprint density at radius 2 is 2.29 bits per heavy atom. The van der Waals surface area contributed by atoms with Gasteiger partial charge in [0.1, 0.15) is 17.2 Å². The number of carbonyl (C=O) groups is 1. The summed E-state index contributed by atoms with van der Waals surface area (Å²) in [6.07, 6.45) is 1.29. The van der Waals surface area contributed by atoms with E-state index in [-0.39, 0.29) is 17.1 Å². The third kappa shape index (κ3) is 2.25. The van der Waals surface area contributed by atoms with E-state index >= 15 is 0 Å². The van der Waals surface area contributed by atoms with Crippen molar-refractivity contribution in [1.29, 1.82) is 0 Å². The molecule has 0 aliphatic rings. The molecule has 0 atom stereocenters. The van der Waals surface area contributed by atoms with E-state index < -0.39 is 11.7 Å². The fourth-order valence-corrected chi connectivity index (χ4v) is 1.39. The van der Waals surface area contributed by atoms with Gasteiger partial charge in [0, 0.05) is 0 Å². The van der Waals surface area contributed by atoms with Crippen molar-refractivity contribution in [3.8, 4) is 0 Å². The molecule has 0 spiro atoms. The van der Waals surface area contributed by atoms with Crippen molar-refractivity contribution in [3.05, 3.63) is 41.3 Å². The number of hydrogen-bond donors (Lipinski definition) is 3. The van der Waals surface area contributed by atoms with E-state index in [1.807, 2.05) is 0 Å². The fourth-order valence-electron chi connectivity index (χ4n) is 1.39. The lowest BCUT2D eigenvalue weighted by atomic mass is 10.2. The summed E-state index contributed by atoms with van der Waals surface area (Å²) in [6, 6.07) is 4.55. The van der Waals surface area contributed by atoms with E-state index in [4.69, 9.17) is 5.73 Å². The van der Waals surface area contributed by atoms with Crippen LogP contribution in [0.5, 0.6) is 0 Å². The molecule has 1 heterocycles. The van der Waals surface area contributed by atoms with Crippen molar-refractivity contribution in [2.45, 2.75) is 6.92 Å². The molecule has 0 saturated heterocycles. The Labute approximate surface area is 96.8 Å². The molecule has 1 aromatic carbocycles. The van der Waals surface area contributed by atoms with E-state index in [0.29, 0.717) is 0 Å².